The quantitative estimate of drug-likeness (QED) is 0.294. The molecule has 0 saturated heterocycles. The van der Waals surface area contributed by atoms with Crippen molar-refractivity contribution in [3.05, 3.63) is 64.7 Å². The molecule has 160 valence electrons. The molecule has 8 nitrogen and oxygen atoms in total. The van der Waals surface area contributed by atoms with E-state index in [2.05, 4.69) is 25.4 Å². The van der Waals surface area contributed by atoms with Crippen molar-refractivity contribution in [2.24, 2.45) is 5.16 Å². The molecule has 2 N–H and O–H groups in total. The Labute approximate surface area is 175 Å². The highest BCUT2D eigenvalue weighted by molar-refractivity contribution is 5.96. The number of rotatable bonds is 4. The summed E-state index contributed by atoms with van der Waals surface area (Å²) < 4.78 is 31.8. The van der Waals surface area contributed by atoms with Crippen molar-refractivity contribution in [2.75, 3.05) is 0 Å². The molecule has 1 aromatic carbocycles. The van der Waals surface area contributed by atoms with Gasteiger partial charge in [-0.3, -0.25) is 4.98 Å². The van der Waals surface area contributed by atoms with Crippen LogP contribution in [0, 0.1) is 11.6 Å². The van der Waals surface area contributed by atoms with Crippen LogP contribution in [0.3, 0.4) is 0 Å². The highest BCUT2D eigenvalue weighted by Crippen LogP contribution is 2.33. The average Bonchev–Trinajstić information content (AvgIpc) is 3.15. The summed E-state index contributed by atoms with van der Waals surface area (Å²) in [7, 11) is 0. The van der Waals surface area contributed by atoms with E-state index in [1.54, 1.807) is 39.8 Å². The van der Waals surface area contributed by atoms with Crippen LogP contribution < -0.4 is 0 Å². The summed E-state index contributed by atoms with van der Waals surface area (Å²) in [5.41, 5.74) is 0.107. The number of aromatic nitrogens is 5. The van der Waals surface area contributed by atoms with Crippen LogP contribution in [0.5, 0.6) is 0 Å². The molecule has 3 aromatic heterocycles. The van der Waals surface area contributed by atoms with Crippen LogP contribution in [0.2, 0.25) is 0 Å². The fourth-order valence-corrected chi connectivity index (χ4v) is 3.39. The van der Waals surface area contributed by atoms with Gasteiger partial charge in [-0.1, -0.05) is 12.1 Å². The third-order valence-electron chi connectivity index (χ3n) is 5.25. The van der Waals surface area contributed by atoms with E-state index < -0.39 is 23.2 Å². The van der Waals surface area contributed by atoms with Crippen LogP contribution in [0.4, 0.5) is 8.78 Å². The fraction of sp³-hybridized carbons (Fsp3) is 0.286. The molecule has 31 heavy (non-hydrogen) atoms. The van der Waals surface area contributed by atoms with Crippen molar-refractivity contribution in [2.45, 2.75) is 39.2 Å². The molecule has 0 aliphatic carbocycles. The van der Waals surface area contributed by atoms with E-state index in [0.717, 1.165) is 6.07 Å². The molecule has 0 aliphatic heterocycles. The second-order valence-corrected chi connectivity index (χ2v) is 7.89. The number of hydrogen-bond acceptors (Lipinski definition) is 7. The maximum absolute atomic E-state index is 15.5. The lowest BCUT2D eigenvalue weighted by Crippen LogP contribution is -2.16. The Hall–Kier alpha value is -3.53. The molecule has 4 aromatic rings. The van der Waals surface area contributed by atoms with Gasteiger partial charge in [-0.15, -0.1) is 10.2 Å². The second-order valence-electron chi connectivity index (χ2n) is 7.89. The standard InChI is InChI=1S/C21H20F2N6O2/c1-10(20-26-25-17-6-5-15(11(2)28-31)27-29(17)20)18-14(22)8-16-13(19(18)23)7-12(9-24-16)21(3,4)30/h5-10,30-31H,1-4H3. The first kappa shape index (κ1) is 20.7. The lowest BCUT2D eigenvalue weighted by atomic mass is 9.94. The van der Waals surface area contributed by atoms with Gasteiger partial charge in [0, 0.05) is 34.7 Å². The Morgan fingerprint density at radius 2 is 1.94 bits per heavy atom. The summed E-state index contributed by atoms with van der Waals surface area (Å²) in [5, 5.41) is 34.9. The smallest absolute Gasteiger partial charge is 0.177 e. The van der Waals surface area contributed by atoms with E-state index in [9.17, 15) is 9.50 Å². The third kappa shape index (κ3) is 3.48. The minimum absolute atomic E-state index is 0.0913. The fourth-order valence-electron chi connectivity index (χ4n) is 3.39. The SMILES string of the molecule is CC(=NO)c1ccc2nnc(C(C)c3c(F)cc4ncc(C(C)(C)O)cc4c3F)n2n1. The molecular weight excluding hydrogens is 406 g/mol. The number of pyridine rings is 1. The van der Waals surface area contributed by atoms with E-state index in [0.29, 0.717) is 16.9 Å². The molecule has 0 amide bonds. The molecule has 4 rings (SSSR count). The largest absolute Gasteiger partial charge is 0.411 e. The van der Waals surface area contributed by atoms with Gasteiger partial charge < -0.3 is 10.3 Å². The van der Waals surface area contributed by atoms with Crippen molar-refractivity contribution >= 4 is 22.3 Å². The van der Waals surface area contributed by atoms with E-state index in [4.69, 9.17) is 5.21 Å². The van der Waals surface area contributed by atoms with Gasteiger partial charge >= 0.3 is 0 Å². The molecule has 0 aliphatic rings. The number of hydrogen-bond donors (Lipinski definition) is 2. The maximum Gasteiger partial charge on any atom is 0.177 e. The van der Waals surface area contributed by atoms with Crippen LogP contribution in [0.1, 0.15) is 56.3 Å². The first-order chi connectivity index (χ1) is 14.6. The van der Waals surface area contributed by atoms with E-state index in [-0.39, 0.29) is 28.0 Å². The van der Waals surface area contributed by atoms with Gasteiger partial charge in [-0.05, 0) is 39.0 Å². The molecule has 0 fully saturated rings. The summed E-state index contributed by atoms with van der Waals surface area (Å²) in [6.45, 7) is 6.28. The maximum atomic E-state index is 15.5. The Morgan fingerprint density at radius 1 is 1.19 bits per heavy atom. The van der Waals surface area contributed by atoms with Crippen LogP contribution in [-0.4, -0.2) is 40.8 Å². The predicted molar refractivity (Wildman–Crippen MR) is 109 cm³/mol. The van der Waals surface area contributed by atoms with Gasteiger partial charge in [0.1, 0.15) is 23.0 Å². The molecule has 1 atom stereocenters. The van der Waals surface area contributed by atoms with Crippen LogP contribution in [0.25, 0.3) is 16.6 Å². The van der Waals surface area contributed by atoms with Gasteiger partial charge in [0.05, 0.1) is 11.1 Å². The number of aliphatic hydroxyl groups is 1. The molecule has 10 heteroatoms. The summed E-state index contributed by atoms with van der Waals surface area (Å²) in [6.07, 6.45) is 1.40. The van der Waals surface area contributed by atoms with Crippen molar-refractivity contribution < 1.29 is 19.1 Å². The summed E-state index contributed by atoms with van der Waals surface area (Å²) >= 11 is 0. The number of halogens is 2. The summed E-state index contributed by atoms with van der Waals surface area (Å²) in [6, 6.07) is 5.84. The van der Waals surface area contributed by atoms with Crippen LogP contribution in [0.15, 0.2) is 35.6 Å². The third-order valence-corrected chi connectivity index (χ3v) is 5.25. The molecule has 0 spiro atoms. The Morgan fingerprint density at radius 3 is 2.61 bits per heavy atom. The molecule has 0 bridgehead atoms. The highest BCUT2D eigenvalue weighted by Gasteiger charge is 2.27. The highest BCUT2D eigenvalue weighted by atomic mass is 19.1. The van der Waals surface area contributed by atoms with Crippen LogP contribution in [-0.2, 0) is 5.60 Å². The Balaban J connectivity index is 1.90. The lowest BCUT2D eigenvalue weighted by molar-refractivity contribution is 0.0784. The molecule has 0 radical (unpaired) electrons. The molecular formula is C21H20F2N6O2. The number of fused-ring (bicyclic) bond motifs is 2. The van der Waals surface area contributed by atoms with Gasteiger partial charge in [0.2, 0.25) is 0 Å². The molecule has 0 saturated carbocycles. The summed E-state index contributed by atoms with van der Waals surface area (Å²) in [5.74, 6) is -2.20. The number of oxime groups is 1. The van der Waals surface area contributed by atoms with Gasteiger partial charge in [-0.25, -0.2) is 8.78 Å². The lowest BCUT2D eigenvalue weighted by Gasteiger charge is -2.19. The van der Waals surface area contributed by atoms with Gasteiger partial charge in [0.25, 0.3) is 0 Å². The zero-order chi connectivity index (χ0) is 22.5. The van der Waals surface area contributed by atoms with Crippen molar-refractivity contribution in [3.63, 3.8) is 0 Å². The van der Waals surface area contributed by atoms with Gasteiger partial charge in [0.15, 0.2) is 11.5 Å². The monoisotopic (exact) mass is 426 g/mol. The van der Waals surface area contributed by atoms with E-state index >= 15 is 4.39 Å². The van der Waals surface area contributed by atoms with E-state index in [1.807, 2.05) is 0 Å². The first-order valence-electron chi connectivity index (χ1n) is 9.53. The zero-order valence-electron chi connectivity index (χ0n) is 17.3. The topological polar surface area (TPSA) is 109 Å². The van der Waals surface area contributed by atoms with Crippen molar-refractivity contribution in [3.8, 4) is 0 Å². The Kier molecular flexibility index (Phi) is 4.89. The van der Waals surface area contributed by atoms with Crippen molar-refractivity contribution in [1.29, 1.82) is 0 Å². The Bertz CT molecular complexity index is 1340. The van der Waals surface area contributed by atoms with Gasteiger partial charge in [-0.2, -0.15) is 9.61 Å². The minimum atomic E-state index is -1.23. The number of benzene rings is 1. The molecule has 3 heterocycles. The van der Waals surface area contributed by atoms with Crippen LogP contribution >= 0.6 is 0 Å². The minimum Gasteiger partial charge on any atom is -0.411 e. The summed E-state index contributed by atoms with van der Waals surface area (Å²) in [4.78, 5) is 4.10. The zero-order valence-corrected chi connectivity index (χ0v) is 17.3. The normalized spacial score (nSPS) is 13.8. The molecule has 1 unspecified atom stereocenters. The second kappa shape index (κ2) is 7.31. The first-order valence-corrected chi connectivity index (χ1v) is 9.53. The number of nitrogens with zero attached hydrogens (tertiary/aromatic N) is 6. The van der Waals surface area contributed by atoms with Crippen molar-refractivity contribution in [1.82, 2.24) is 24.8 Å². The predicted octanol–water partition coefficient (Wildman–Crippen LogP) is 3.53. The van der Waals surface area contributed by atoms with E-state index in [1.165, 1.54) is 16.8 Å². The average molecular weight is 426 g/mol.